The number of hydrogen-bond acceptors (Lipinski definition) is 7. The number of anilines is 2. The predicted octanol–water partition coefficient (Wildman–Crippen LogP) is 3.67. The molecule has 5 heterocycles. The van der Waals surface area contributed by atoms with E-state index >= 15 is 0 Å². The van der Waals surface area contributed by atoms with Crippen molar-refractivity contribution in [2.45, 2.75) is 58.8 Å². The summed E-state index contributed by atoms with van der Waals surface area (Å²) in [6.07, 6.45) is 8.66. The topological polar surface area (TPSA) is 96.7 Å². The zero-order valence-corrected chi connectivity index (χ0v) is 24.3. The number of amides is 1. The highest BCUT2D eigenvalue weighted by Crippen LogP contribution is 2.36. The fourth-order valence-electron chi connectivity index (χ4n) is 6.75. The first-order chi connectivity index (χ1) is 20.4. The molecule has 1 aromatic carbocycles. The molecule has 0 spiro atoms. The van der Waals surface area contributed by atoms with Crippen molar-refractivity contribution in [2.75, 3.05) is 36.9 Å². The molecule has 0 bridgehead atoms. The number of benzene rings is 1. The third-order valence-electron chi connectivity index (χ3n) is 8.66. The first-order valence-corrected chi connectivity index (χ1v) is 14.9. The highest BCUT2D eigenvalue weighted by atomic mass is 16.5. The SMILES string of the molecule is CC(=O)OCc1c(C2=CN(C)CC(Nc3cc4n(n3)CCNC4)=C2)cccc1N1CCn2c(cc3c2CCCC3)C1=O. The average molecular weight is 568 g/mol. The maximum Gasteiger partial charge on any atom is 0.302 e. The van der Waals surface area contributed by atoms with E-state index in [2.05, 4.69) is 44.5 Å². The van der Waals surface area contributed by atoms with Crippen LogP contribution in [0.15, 0.2) is 48.3 Å². The van der Waals surface area contributed by atoms with Gasteiger partial charge in [-0.1, -0.05) is 12.1 Å². The molecule has 42 heavy (non-hydrogen) atoms. The van der Waals surface area contributed by atoms with Crippen LogP contribution in [0.5, 0.6) is 0 Å². The molecule has 3 aliphatic heterocycles. The van der Waals surface area contributed by atoms with E-state index in [-0.39, 0.29) is 18.5 Å². The van der Waals surface area contributed by atoms with Crippen molar-refractivity contribution in [2.24, 2.45) is 0 Å². The second kappa shape index (κ2) is 10.8. The number of hydrogen-bond donors (Lipinski definition) is 2. The smallest absolute Gasteiger partial charge is 0.302 e. The van der Waals surface area contributed by atoms with Crippen molar-refractivity contribution in [1.82, 2.24) is 24.6 Å². The Morgan fingerprint density at radius 1 is 1.14 bits per heavy atom. The van der Waals surface area contributed by atoms with Crippen molar-refractivity contribution in [3.63, 3.8) is 0 Å². The molecule has 218 valence electrons. The van der Waals surface area contributed by atoms with Gasteiger partial charge in [-0.25, -0.2) is 0 Å². The highest BCUT2D eigenvalue weighted by molar-refractivity contribution is 6.07. The second-order valence-electron chi connectivity index (χ2n) is 11.6. The lowest BCUT2D eigenvalue weighted by Crippen LogP contribution is -2.41. The largest absolute Gasteiger partial charge is 0.461 e. The Morgan fingerprint density at radius 3 is 2.88 bits per heavy atom. The van der Waals surface area contributed by atoms with Crippen LogP contribution in [0.3, 0.4) is 0 Å². The molecule has 0 atom stereocenters. The molecule has 1 amide bonds. The Kier molecular flexibility index (Phi) is 6.85. The van der Waals surface area contributed by atoms with E-state index in [0.29, 0.717) is 13.1 Å². The Balaban J connectivity index is 1.23. The van der Waals surface area contributed by atoms with Crippen molar-refractivity contribution < 1.29 is 14.3 Å². The van der Waals surface area contributed by atoms with Gasteiger partial charge in [0.05, 0.1) is 24.5 Å². The van der Waals surface area contributed by atoms with Crippen LogP contribution in [0.4, 0.5) is 11.5 Å². The van der Waals surface area contributed by atoms with Crippen LogP contribution in [-0.2, 0) is 48.6 Å². The van der Waals surface area contributed by atoms with Gasteiger partial charge in [-0.05, 0) is 60.6 Å². The Labute approximate surface area is 245 Å². The van der Waals surface area contributed by atoms with Gasteiger partial charge >= 0.3 is 5.97 Å². The number of esters is 1. The second-order valence-corrected chi connectivity index (χ2v) is 11.6. The lowest BCUT2D eigenvalue weighted by Gasteiger charge is -2.32. The molecule has 0 saturated heterocycles. The van der Waals surface area contributed by atoms with Gasteiger partial charge in [-0.15, -0.1) is 0 Å². The summed E-state index contributed by atoms with van der Waals surface area (Å²) in [7, 11) is 2.04. The molecular weight excluding hydrogens is 530 g/mol. The lowest BCUT2D eigenvalue weighted by atomic mass is 9.95. The Bertz CT molecular complexity index is 1610. The van der Waals surface area contributed by atoms with E-state index in [1.54, 1.807) is 0 Å². The summed E-state index contributed by atoms with van der Waals surface area (Å²) in [6.45, 7) is 6.13. The van der Waals surface area contributed by atoms with Crippen molar-refractivity contribution >= 4 is 29.0 Å². The maximum atomic E-state index is 13.9. The zero-order valence-electron chi connectivity index (χ0n) is 24.3. The third-order valence-corrected chi connectivity index (χ3v) is 8.66. The van der Waals surface area contributed by atoms with Gasteiger partial charge in [0.2, 0.25) is 0 Å². The quantitative estimate of drug-likeness (QED) is 0.439. The summed E-state index contributed by atoms with van der Waals surface area (Å²) in [4.78, 5) is 29.9. The minimum Gasteiger partial charge on any atom is -0.461 e. The molecule has 2 N–H and O–H groups in total. The molecule has 0 unspecified atom stereocenters. The predicted molar refractivity (Wildman–Crippen MR) is 161 cm³/mol. The van der Waals surface area contributed by atoms with Crippen molar-refractivity contribution in [3.8, 4) is 0 Å². The van der Waals surface area contributed by atoms with Crippen molar-refractivity contribution in [1.29, 1.82) is 0 Å². The van der Waals surface area contributed by atoms with E-state index in [1.165, 1.54) is 36.7 Å². The summed E-state index contributed by atoms with van der Waals surface area (Å²) < 4.78 is 9.86. The number of likely N-dealkylation sites (N-methyl/N-ethyl adjacent to an activating group) is 1. The monoisotopic (exact) mass is 567 g/mol. The lowest BCUT2D eigenvalue weighted by molar-refractivity contribution is -0.142. The fourth-order valence-corrected chi connectivity index (χ4v) is 6.75. The average Bonchev–Trinajstić information content (AvgIpc) is 3.57. The van der Waals surface area contributed by atoms with Crippen molar-refractivity contribution in [3.05, 3.63) is 82.1 Å². The molecule has 10 heteroatoms. The van der Waals surface area contributed by atoms with Crippen LogP contribution in [-0.4, -0.2) is 57.8 Å². The molecular formula is C32H37N7O3. The number of ether oxygens (including phenoxy) is 1. The number of carbonyl (C=O) groups excluding carboxylic acids is 2. The molecule has 1 aliphatic carbocycles. The number of rotatable bonds is 6. The Morgan fingerprint density at radius 2 is 2.02 bits per heavy atom. The molecule has 10 nitrogen and oxygen atoms in total. The standard InChI is InChI=1S/C32H37N7O3/c1-21(40)42-20-27-26(23-14-24(19-36(2)18-23)34-31-16-25-17-33-10-11-39(25)35-31)7-5-9-29(27)38-13-12-37-28-8-4-3-6-22(28)15-30(37)32(38)41/h5,7,9,14-16,18,33H,3-4,6,8,10-13,17,19-20H2,1-2H3,(H,34,35). The number of nitrogens with one attached hydrogen (secondary N) is 2. The number of allylic oxidation sites excluding steroid dienone is 2. The van der Waals surface area contributed by atoms with E-state index in [4.69, 9.17) is 9.84 Å². The third kappa shape index (κ3) is 4.89. The number of fused-ring (bicyclic) bond motifs is 4. The van der Waals surface area contributed by atoms with E-state index in [9.17, 15) is 9.59 Å². The van der Waals surface area contributed by atoms with Crippen LogP contribution < -0.4 is 15.5 Å². The molecule has 3 aromatic rings. The van der Waals surface area contributed by atoms with Gasteiger partial charge in [0.15, 0.2) is 5.82 Å². The van der Waals surface area contributed by atoms with Gasteiger partial charge in [-0.3, -0.25) is 14.3 Å². The number of aromatic nitrogens is 3. The van der Waals surface area contributed by atoms with Gasteiger partial charge in [0.1, 0.15) is 12.3 Å². The molecule has 2 aromatic heterocycles. The molecule has 0 saturated carbocycles. The minimum absolute atomic E-state index is 0.00255. The summed E-state index contributed by atoms with van der Waals surface area (Å²) in [5.41, 5.74) is 9.10. The first-order valence-electron chi connectivity index (χ1n) is 14.9. The van der Waals surface area contributed by atoms with Gasteiger partial charge < -0.3 is 29.7 Å². The van der Waals surface area contributed by atoms with Gasteiger partial charge in [0, 0.05) is 69.4 Å². The van der Waals surface area contributed by atoms with Crippen LogP contribution >= 0.6 is 0 Å². The van der Waals surface area contributed by atoms with E-state index < -0.39 is 0 Å². The number of carbonyl (C=O) groups is 2. The summed E-state index contributed by atoms with van der Waals surface area (Å²) in [6, 6.07) is 10.2. The summed E-state index contributed by atoms with van der Waals surface area (Å²) in [5.74, 6) is 0.476. The Hall–Kier alpha value is -4.31. The summed E-state index contributed by atoms with van der Waals surface area (Å²) >= 11 is 0. The van der Waals surface area contributed by atoms with Crippen LogP contribution in [0.2, 0.25) is 0 Å². The van der Waals surface area contributed by atoms with Crippen LogP contribution in [0, 0.1) is 0 Å². The summed E-state index contributed by atoms with van der Waals surface area (Å²) in [5, 5.41) is 11.7. The minimum atomic E-state index is -0.354. The van der Waals surface area contributed by atoms with Crippen LogP contribution in [0.1, 0.15) is 58.3 Å². The first kappa shape index (κ1) is 26.6. The molecule has 0 radical (unpaired) electrons. The number of aryl methyl sites for hydroxylation is 1. The van der Waals surface area contributed by atoms with Gasteiger partial charge in [-0.2, -0.15) is 5.10 Å². The van der Waals surface area contributed by atoms with Crippen LogP contribution in [0.25, 0.3) is 5.57 Å². The molecule has 0 fully saturated rings. The molecule has 7 rings (SSSR count). The van der Waals surface area contributed by atoms with E-state index in [1.807, 2.05) is 34.8 Å². The zero-order chi connectivity index (χ0) is 28.8. The highest BCUT2D eigenvalue weighted by Gasteiger charge is 2.32. The fraction of sp³-hybridized carbons (Fsp3) is 0.406. The molecule has 4 aliphatic rings. The normalized spacial score (nSPS) is 18.1. The maximum absolute atomic E-state index is 13.9. The van der Waals surface area contributed by atoms with Gasteiger partial charge in [0.25, 0.3) is 5.91 Å². The van der Waals surface area contributed by atoms with E-state index in [0.717, 1.165) is 78.6 Å². The number of nitrogens with zero attached hydrogens (tertiary/aromatic N) is 5.